The van der Waals surface area contributed by atoms with Gasteiger partial charge in [0.25, 0.3) is 0 Å². The van der Waals surface area contributed by atoms with Crippen LogP contribution in [0.5, 0.6) is 0 Å². The summed E-state index contributed by atoms with van der Waals surface area (Å²) < 4.78 is 11.3. The molecule has 0 bridgehead atoms. The lowest BCUT2D eigenvalue weighted by molar-refractivity contribution is 0.235. The molecule has 0 aromatic heterocycles. The molecule has 2 fully saturated rings. The molecule has 6 heteroatoms. The lowest BCUT2D eigenvalue weighted by Gasteiger charge is -2.16. The Morgan fingerprint density at radius 1 is 1.26 bits per heavy atom. The highest BCUT2D eigenvalue weighted by atomic mass is 32.2. The molecular formula is C17H25N3O2S. The quantitative estimate of drug-likeness (QED) is 0.832. The van der Waals surface area contributed by atoms with Crippen molar-refractivity contribution in [2.45, 2.75) is 36.7 Å². The molecule has 23 heavy (non-hydrogen) atoms. The third-order valence-electron chi connectivity index (χ3n) is 4.53. The number of amides is 2. The van der Waals surface area contributed by atoms with E-state index in [1.807, 2.05) is 24.3 Å². The summed E-state index contributed by atoms with van der Waals surface area (Å²) in [7, 11) is -0.961. The number of carbonyl (C=O) groups excluding carboxylic acids is 1. The zero-order chi connectivity index (χ0) is 16.2. The lowest BCUT2D eigenvalue weighted by Crippen LogP contribution is -2.43. The van der Waals surface area contributed by atoms with Crippen LogP contribution < -0.4 is 10.6 Å². The molecule has 1 saturated heterocycles. The van der Waals surface area contributed by atoms with Gasteiger partial charge >= 0.3 is 6.03 Å². The molecule has 2 N–H and O–H groups in total. The molecule has 1 aliphatic heterocycles. The van der Waals surface area contributed by atoms with E-state index < -0.39 is 10.8 Å². The van der Waals surface area contributed by atoms with Crippen LogP contribution in [-0.4, -0.2) is 47.1 Å². The standard InChI is InChI=1S/C17H25N3O2S/c1-23(22)16-6-4-13(5-7-16)10-18-17(21)19-15-8-9-20(12-15)11-14-2-3-14/h4-7,14-15H,2-3,8-12H2,1H3,(H2,18,19,21)/t15-,23+/m1/s1. The fourth-order valence-electron chi connectivity index (χ4n) is 3.00. The van der Waals surface area contributed by atoms with E-state index in [9.17, 15) is 9.00 Å². The first-order chi connectivity index (χ1) is 11.1. The van der Waals surface area contributed by atoms with E-state index in [1.165, 1.54) is 19.4 Å². The number of nitrogens with one attached hydrogen (secondary N) is 2. The topological polar surface area (TPSA) is 61.4 Å². The Kier molecular flexibility index (Phi) is 5.33. The molecule has 3 rings (SSSR count). The molecule has 2 atom stereocenters. The monoisotopic (exact) mass is 335 g/mol. The molecule has 1 saturated carbocycles. The fraction of sp³-hybridized carbons (Fsp3) is 0.588. The van der Waals surface area contributed by atoms with E-state index in [0.29, 0.717) is 6.54 Å². The van der Waals surface area contributed by atoms with Crippen LogP contribution >= 0.6 is 0 Å². The SMILES string of the molecule is C[S@](=O)c1ccc(CNC(=O)N[C@@H]2CCN(CC3CC3)C2)cc1. The van der Waals surface area contributed by atoms with Gasteiger partial charge in [0.15, 0.2) is 0 Å². The third-order valence-corrected chi connectivity index (χ3v) is 5.47. The zero-order valence-corrected chi connectivity index (χ0v) is 14.4. The van der Waals surface area contributed by atoms with Gasteiger partial charge in [-0.05, 0) is 42.9 Å². The van der Waals surface area contributed by atoms with Crippen LogP contribution in [0.4, 0.5) is 4.79 Å². The summed E-state index contributed by atoms with van der Waals surface area (Å²) in [6.07, 6.45) is 5.45. The van der Waals surface area contributed by atoms with Gasteiger partial charge in [0, 0.05) is 54.2 Å². The van der Waals surface area contributed by atoms with Crippen molar-refractivity contribution in [1.29, 1.82) is 0 Å². The van der Waals surface area contributed by atoms with E-state index in [0.717, 1.165) is 35.9 Å². The minimum atomic E-state index is -0.961. The Morgan fingerprint density at radius 3 is 2.65 bits per heavy atom. The minimum Gasteiger partial charge on any atom is -0.334 e. The van der Waals surface area contributed by atoms with Crippen LogP contribution in [0.25, 0.3) is 0 Å². The van der Waals surface area contributed by atoms with Crippen molar-refractivity contribution >= 4 is 16.8 Å². The van der Waals surface area contributed by atoms with Gasteiger partial charge in [0.1, 0.15) is 0 Å². The predicted molar refractivity (Wildman–Crippen MR) is 91.7 cm³/mol. The third kappa shape index (κ3) is 5.04. The van der Waals surface area contributed by atoms with Crippen molar-refractivity contribution in [1.82, 2.24) is 15.5 Å². The number of hydrogen-bond acceptors (Lipinski definition) is 3. The number of nitrogens with zero attached hydrogens (tertiary/aromatic N) is 1. The Balaban J connectivity index is 1.38. The molecule has 5 nitrogen and oxygen atoms in total. The van der Waals surface area contributed by atoms with Crippen molar-refractivity contribution in [3.8, 4) is 0 Å². The van der Waals surface area contributed by atoms with Gasteiger partial charge in [-0.3, -0.25) is 4.21 Å². The van der Waals surface area contributed by atoms with E-state index in [1.54, 1.807) is 6.26 Å². The first-order valence-electron chi connectivity index (χ1n) is 8.29. The first-order valence-corrected chi connectivity index (χ1v) is 9.85. The largest absolute Gasteiger partial charge is 0.334 e. The zero-order valence-electron chi connectivity index (χ0n) is 13.6. The predicted octanol–water partition coefficient (Wildman–Crippen LogP) is 1.71. The van der Waals surface area contributed by atoms with Gasteiger partial charge in [0.2, 0.25) is 0 Å². The van der Waals surface area contributed by atoms with Crippen molar-refractivity contribution in [2.24, 2.45) is 5.92 Å². The van der Waals surface area contributed by atoms with Gasteiger partial charge < -0.3 is 15.5 Å². The van der Waals surface area contributed by atoms with Crippen LogP contribution in [-0.2, 0) is 17.3 Å². The van der Waals surface area contributed by atoms with Crippen LogP contribution in [0.15, 0.2) is 29.2 Å². The summed E-state index contributed by atoms with van der Waals surface area (Å²) in [5, 5.41) is 5.96. The smallest absolute Gasteiger partial charge is 0.315 e. The average molecular weight is 335 g/mol. The fourth-order valence-corrected chi connectivity index (χ4v) is 3.52. The summed E-state index contributed by atoms with van der Waals surface area (Å²) in [4.78, 5) is 15.3. The highest BCUT2D eigenvalue weighted by Crippen LogP contribution is 2.30. The maximum Gasteiger partial charge on any atom is 0.315 e. The Labute approximate surface area is 140 Å². The molecule has 0 unspecified atom stereocenters. The van der Waals surface area contributed by atoms with Crippen molar-refractivity contribution in [3.05, 3.63) is 29.8 Å². The molecule has 1 aromatic rings. The Bertz CT molecular complexity index is 572. The molecule has 1 heterocycles. The summed E-state index contributed by atoms with van der Waals surface area (Å²) in [6, 6.07) is 7.66. The normalized spacial score (nSPS) is 22.7. The van der Waals surface area contributed by atoms with Crippen LogP contribution in [0.2, 0.25) is 0 Å². The molecule has 1 aliphatic carbocycles. The second-order valence-corrected chi connectivity index (χ2v) is 7.99. The molecule has 2 aliphatic rings. The molecule has 2 amide bonds. The number of carbonyl (C=O) groups is 1. The highest BCUT2D eigenvalue weighted by Gasteiger charge is 2.29. The Hall–Kier alpha value is -1.40. The highest BCUT2D eigenvalue weighted by molar-refractivity contribution is 7.84. The molecular weight excluding hydrogens is 310 g/mol. The molecule has 1 aromatic carbocycles. The lowest BCUT2D eigenvalue weighted by atomic mass is 10.2. The minimum absolute atomic E-state index is 0.105. The van der Waals surface area contributed by atoms with Gasteiger partial charge in [-0.2, -0.15) is 0 Å². The summed E-state index contributed by atoms with van der Waals surface area (Å²) in [5.74, 6) is 0.906. The first kappa shape index (κ1) is 16.5. The van der Waals surface area contributed by atoms with Crippen LogP contribution in [0, 0.1) is 5.92 Å². The molecule has 126 valence electrons. The maximum absolute atomic E-state index is 12.0. The van der Waals surface area contributed by atoms with E-state index >= 15 is 0 Å². The summed E-state index contributed by atoms with van der Waals surface area (Å²) >= 11 is 0. The van der Waals surface area contributed by atoms with Crippen molar-refractivity contribution in [3.63, 3.8) is 0 Å². The van der Waals surface area contributed by atoms with Crippen LogP contribution in [0.3, 0.4) is 0 Å². The van der Waals surface area contributed by atoms with E-state index in [-0.39, 0.29) is 12.1 Å². The van der Waals surface area contributed by atoms with Crippen molar-refractivity contribution < 1.29 is 9.00 Å². The molecule has 0 radical (unpaired) electrons. The molecule has 0 spiro atoms. The number of urea groups is 1. The van der Waals surface area contributed by atoms with Crippen LogP contribution in [0.1, 0.15) is 24.8 Å². The number of rotatable bonds is 6. The van der Waals surface area contributed by atoms with Gasteiger partial charge in [-0.25, -0.2) is 4.79 Å². The summed E-state index contributed by atoms with van der Waals surface area (Å²) in [6.45, 7) is 3.75. The Morgan fingerprint density at radius 2 is 2.00 bits per heavy atom. The van der Waals surface area contributed by atoms with E-state index in [2.05, 4.69) is 15.5 Å². The number of likely N-dealkylation sites (tertiary alicyclic amines) is 1. The van der Waals surface area contributed by atoms with Gasteiger partial charge in [-0.15, -0.1) is 0 Å². The summed E-state index contributed by atoms with van der Waals surface area (Å²) in [5.41, 5.74) is 1.01. The van der Waals surface area contributed by atoms with E-state index in [4.69, 9.17) is 0 Å². The second kappa shape index (κ2) is 7.45. The van der Waals surface area contributed by atoms with Gasteiger partial charge in [0.05, 0.1) is 0 Å². The van der Waals surface area contributed by atoms with Crippen molar-refractivity contribution in [2.75, 3.05) is 25.9 Å². The van der Waals surface area contributed by atoms with Gasteiger partial charge in [-0.1, -0.05) is 12.1 Å². The average Bonchev–Trinajstić information content (AvgIpc) is 3.24. The second-order valence-electron chi connectivity index (χ2n) is 6.61. The maximum atomic E-state index is 12.0. The number of benzene rings is 1. The number of hydrogen-bond donors (Lipinski definition) is 2.